The first-order valence-corrected chi connectivity index (χ1v) is 7.85. The van der Waals surface area contributed by atoms with Gasteiger partial charge in [0.05, 0.1) is 5.92 Å². The van der Waals surface area contributed by atoms with E-state index in [9.17, 15) is 19.3 Å². The molecule has 1 saturated heterocycles. The molecule has 0 radical (unpaired) electrons. The van der Waals surface area contributed by atoms with Crippen molar-refractivity contribution >= 4 is 29.7 Å². The van der Waals surface area contributed by atoms with Crippen LogP contribution in [0.2, 0.25) is 0 Å². The van der Waals surface area contributed by atoms with Gasteiger partial charge in [0.1, 0.15) is 6.04 Å². The van der Waals surface area contributed by atoms with Crippen molar-refractivity contribution < 1.29 is 14.4 Å². The summed E-state index contributed by atoms with van der Waals surface area (Å²) in [5, 5.41) is 2.37. The molecule has 3 N–H and O–H groups in total. The van der Waals surface area contributed by atoms with E-state index in [4.69, 9.17) is 5.73 Å². The van der Waals surface area contributed by atoms with E-state index in [0.29, 0.717) is 11.9 Å². The van der Waals surface area contributed by atoms with Gasteiger partial charge < -0.3 is 11.1 Å². The third kappa shape index (κ3) is 4.26. The fraction of sp³-hybridized carbons (Fsp3) is 0.769. The molecule has 1 aliphatic rings. The molecular formula is C13H24N4O4S. The number of imide groups is 1. The number of hydrogen-bond donors (Lipinski definition) is 2. The highest BCUT2D eigenvalue weighted by Gasteiger charge is 2.50. The fourth-order valence-electron chi connectivity index (χ4n) is 2.18. The molecule has 0 saturated carbocycles. The van der Waals surface area contributed by atoms with E-state index < -0.39 is 34.4 Å². The van der Waals surface area contributed by atoms with Crippen molar-refractivity contribution in [3.63, 3.8) is 0 Å². The quantitative estimate of drug-likeness (QED) is 0.418. The lowest BCUT2D eigenvalue weighted by atomic mass is 9.93. The van der Waals surface area contributed by atoms with Gasteiger partial charge >= 0.3 is 0 Å². The lowest BCUT2D eigenvalue weighted by molar-refractivity contribution is -0.147. The Balaban J connectivity index is 0.00000211. The van der Waals surface area contributed by atoms with Crippen LogP contribution < -0.4 is 11.1 Å². The number of nitrogens with one attached hydrogen (secondary N) is 1. The highest BCUT2D eigenvalue weighted by atomic mass is 32.2. The van der Waals surface area contributed by atoms with Gasteiger partial charge in [-0.15, -0.1) is 4.91 Å². The topological polar surface area (TPSA) is 122 Å². The molecule has 2 unspecified atom stereocenters. The molecule has 126 valence electrons. The van der Waals surface area contributed by atoms with Crippen molar-refractivity contribution in [2.45, 2.75) is 44.9 Å². The van der Waals surface area contributed by atoms with Gasteiger partial charge in [-0.1, -0.05) is 13.8 Å². The van der Waals surface area contributed by atoms with Gasteiger partial charge in [0.2, 0.25) is 17.7 Å². The zero-order valence-corrected chi connectivity index (χ0v) is 14.4. The molecule has 8 nitrogen and oxygen atoms in total. The maximum atomic E-state index is 12.4. The van der Waals surface area contributed by atoms with Crippen LogP contribution >= 0.6 is 11.9 Å². The Hall–Kier alpha value is -1.48. The van der Waals surface area contributed by atoms with E-state index in [1.54, 1.807) is 13.8 Å². The van der Waals surface area contributed by atoms with Crippen molar-refractivity contribution in [3.8, 4) is 0 Å². The first kappa shape index (κ1) is 20.5. The van der Waals surface area contributed by atoms with Gasteiger partial charge in [-0.05, 0) is 13.8 Å². The minimum atomic E-state index is -1.02. The number of carbonyl (C=O) groups excluding carboxylic acids is 3. The Labute approximate surface area is 134 Å². The molecule has 0 aromatic carbocycles. The Bertz CT molecular complexity index is 442. The van der Waals surface area contributed by atoms with Gasteiger partial charge in [0.25, 0.3) is 0 Å². The molecule has 22 heavy (non-hydrogen) atoms. The largest absolute Gasteiger partial charge is 0.357 e. The normalized spacial score (nSPS) is 19.4. The molecule has 0 aromatic heterocycles. The number of carbonyl (C=O) groups is 3. The summed E-state index contributed by atoms with van der Waals surface area (Å²) in [6.07, 6.45) is -0.0537. The lowest BCUT2D eigenvalue weighted by Gasteiger charge is -2.27. The smallest absolute Gasteiger partial charge is 0.244 e. The summed E-state index contributed by atoms with van der Waals surface area (Å²) >= 11 is 0.710. The molecule has 1 heterocycles. The number of nitrogens with two attached hydrogens (primary N) is 1. The fourth-order valence-corrected chi connectivity index (χ4v) is 2.68. The van der Waals surface area contributed by atoms with Gasteiger partial charge in [0.15, 0.2) is 0 Å². The number of likely N-dealkylation sites (N-methyl/N-ethyl adjacent to an activating group) is 1. The third-order valence-corrected chi connectivity index (χ3v) is 4.21. The first-order chi connectivity index (χ1) is 10.3. The molecule has 0 spiro atoms. The maximum absolute atomic E-state index is 12.4. The van der Waals surface area contributed by atoms with E-state index in [1.807, 2.05) is 13.8 Å². The van der Waals surface area contributed by atoms with E-state index in [0.717, 1.165) is 4.90 Å². The van der Waals surface area contributed by atoms with Crippen LogP contribution in [0.5, 0.6) is 0 Å². The monoisotopic (exact) mass is 332 g/mol. The molecule has 0 aliphatic carbocycles. The highest BCUT2D eigenvalue weighted by Crippen LogP contribution is 2.40. The van der Waals surface area contributed by atoms with Crippen LogP contribution in [-0.4, -0.2) is 47.0 Å². The van der Waals surface area contributed by atoms with Crippen molar-refractivity contribution in [2.75, 3.05) is 13.6 Å². The van der Waals surface area contributed by atoms with Crippen molar-refractivity contribution in [3.05, 3.63) is 4.91 Å². The minimum absolute atomic E-state index is 0.0537. The highest BCUT2D eigenvalue weighted by molar-refractivity contribution is 7.99. The summed E-state index contributed by atoms with van der Waals surface area (Å²) in [4.78, 5) is 47.4. The van der Waals surface area contributed by atoms with Crippen LogP contribution in [-0.2, 0) is 14.4 Å². The predicted octanol–water partition coefficient (Wildman–Crippen LogP) is 0.654. The van der Waals surface area contributed by atoms with Crippen molar-refractivity contribution in [1.82, 2.24) is 10.2 Å². The van der Waals surface area contributed by atoms with Crippen LogP contribution in [0.3, 0.4) is 0 Å². The van der Waals surface area contributed by atoms with Crippen molar-refractivity contribution in [2.24, 2.45) is 16.2 Å². The Morgan fingerprint density at radius 2 is 2.05 bits per heavy atom. The molecule has 1 fully saturated rings. The standard InChI is InChI=1S/C11H18N4O4S.C2H6/c1-11(2,20-14-19)6-4-8(16)15(10(6)18)7(5-12)9(17)13-3;1-2/h6-7H,4-5,12H2,1-3H3,(H,13,17);1-2H3. The number of rotatable bonds is 6. The lowest BCUT2D eigenvalue weighted by Crippen LogP contribution is -2.53. The summed E-state index contributed by atoms with van der Waals surface area (Å²) in [5.74, 6) is -2.14. The second-order valence-corrected chi connectivity index (χ2v) is 6.38. The van der Waals surface area contributed by atoms with Crippen LogP contribution in [0.1, 0.15) is 34.1 Å². The van der Waals surface area contributed by atoms with Gasteiger partial charge in [0, 0.05) is 41.3 Å². The second kappa shape index (κ2) is 8.84. The summed E-state index contributed by atoms with van der Waals surface area (Å²) in [7, 11) is 1.41. The van der Waals surface area contributed by atoms with Gasteiger partial charge in [-0.3, -0.25) is 19.3 Å². The van der Waals surface area contributed by atoms with Gasteiger partial charge in [-0.25, -0.2) is 0 Å². The van der Waals surface area contributed by atoms with Crippen LogP contribution in [0.25, 0.3) is 0 Å². The minimum Gasteiger partial charge on any atom is -0.357 e. The summed E-state index contributed by atoms with van der Waals surface area (Å²) in [5.41, 5.74) is 5.49. The average Bonchev–Trinajstić information content (AvgIpc) is 2.79. The Morgan fingerprint density at radius 1 is 1.50 bits per heavy atom. The molecule has 9 heteroatoms. The van der Waals surface area contributed by atoms with Crippen LogP contribution in [0.15, 0.2) is 4.58 Å². The molecule has 1 rings (SSSR count). The second-order valence-electron chi connectivity index (χ2n) is 4.99. The van der Waals surface area contributed by atoms with Crippen LogP contribution in [0.4, 0.5) is 0 Å². The number of amides is 3. The summed E-state index contributed by atoms with van der Waals surface area (Å²) in [6, 6.07) is -1.02. The molecule has 0 aromatic rings. The molecule has 1 aliphatic heterocycles. The zero-order chi connectivity index (χ0) is 17.5. The van der Waals surface area contributed by atoms with Crippen molar-refractivity contribution in [1.29, 1.82) is 0 Å². The zero-order valence-electron chi connectivity index (χ0n) is 13.6. The predicted molar refractivity (Wildman–Crippen MR) is 85.7 cm³/mol. The van der Waals surface area contributed by atoms with E-state index >= 15 is 0 Å². The maximum Gasteiger partial charge on any atom is 0.244 e. The Kier molecular flexibility index (Phi) is 8.25. The number of likely N-dealkylation sites (tertiary alicyclic amines) is 1. The van der Waals surface area contributed by atoms with E-state index in [2.05, 4.69) is 9.90 Å². The molecule has 0 bridgehead atoms. The number of nitroso groups, excluding NO2 is 1. The molecule has 2 atom stereocenters. The third-order valence-electron chi connectivity index (χ3n) is 3.38. The van der Waals surface area contributed by atoms with E-state index in [-0.39, 0.29) is 13.0 Å². The molecule has 3 amide bonds. The number of hydrogen-bond acceptors (Lipinski definition) is 7. The average molecular weight is 332 g/mol. The molecular weight excluding hydrogens is 308 g/mol. The first-order valence-electron chi connectivity index (χ1n) is 7.08. The Morgan fingerprint density at radius 3 is 2.45 bits per heavy atom. The summed E-state index contributed by atoms with van der Waals surface area (Å²) < 4.78 is 1.92. The van der Waals surface area contributed by atoms with E-state index in [1.165, 1.54) is 7.05 Å². The van der Waals surface area contributed by atoms with Crippen LogP contribution in [0, 0.1) is 10.8 Å². The summed E-state index contributed by atoms with van der Waals surface area (Å²) in [6.45, 7) is 7.18. The SMILES string of the molecule is CC.CNC(=O)C(CN)N1C(=O)CC(C(C)(C)SN=O)C1=O. The van der Waals surface area contributed by atoms with Gasteiger partial charge in [-0.2, -0.15) is 0 Å². The number of nitrogens with zero attached hydrogens (tertiary/aromatic N) is 2.